The van der Waals surface area contributed by atoms with Crippen LogP contribution in [0.15, 0.2) is 24.3 Å². The summed E-state index contributed by atoms with van der Waals surface area (Å²) < 4.78 is 0. The van der Waals surface area contributed by atoms with Crippen molar-refractivity contribution in [3.05, 3.63) is 35.4 Å². The molecule has 0 heteroatoms. The summed E-state index contributed by atoms with van der Waals surface area (Å²) in [5, 5.41) is 0. The van der Waals surface area contributed by atoms with E-state index in [1.165, 1.54) is 63.4 Å². The lowest BCUT2D eigenvalue weighted by Crippen LogP contribution is -2.19. The zero-order valence-electron chi connectivity index (χ0n) is 14.0. The quantitative estimate of drug-likeness (QED) is 0.595. The Morgan fingerprint density at radius 3 is 1.86 bits per heavy atom. The Morgan fingerprint density at radius 1 is 0.762 bits per heavy atom. The Bertz CT molecular complexity index is 414. The lowest BCUT2D eigenvalue weighted by molar-refractivity contribution is 0.211. The van der Waals surface area contributed by atoms with E-state index in [2.05, 4.69) is 38.1 Å². The Kier molecular flexibility index (Phi) is 5.03. The highest BCUT2D eigenvalue weighted by atomic mass is 14.3. The average molecular weight is 284 g/mol. The average Bonchev–Trinajstić information content (AvgIpc) is 2.51. The maximum atomic E-state index is 2.43. The highest BCUT2D eigenvalue weighted by Gasteiger charge is 2.26. The molecule has 0 nitrogen and oxygen atoms in total. The molecule has 21 heavy (non-hydrogen) atoms. The van der Waals surface area contributed by atoms with E-state index >= 15 is 0 Å². The van der Waals surface area contributed by atoms with Crippen LogP contribution in [-0.4, -0.2) is 0 Å². The van der Waals surface area contributed by atoms with Gasteiger partial charge in [-0.1, -0.05) is 62.4 Å². The number of rotatable bonds is 3. The van der Waals surface area contributed by atoms with Crippen molar-refractivity contribution in [3.8, 4) is 0 Å². The van der Waals surface area contributed by atoms with Gasteiger partial charge in [-0.3, -0.25) is 0 Å². The van der Waals surface area contributed by atoms with Gasteiger partial charge in [0.2, 0.25) is 0 Å². The minimum Gasteiger partial charge on any atom is -0.0625 e. The van der Waals surface area contributed by atoms with E-state index in [0.717, 1.165) is 23.7 Å². The molecule has 0 spiro atoms. The van der Waals surface area contributed by atoms with E-state index in [1.54, 1.807) is 5.56 Å². The van der Waals surface area contributed by atoms with Gasteiger partial charge < -0.3 is 0 Å². The normalized spacial score (nSPS) is 33.8. The largest absolute Gasteiger partial charge is 0.0625 e. The molecule has 0 aromatic heterocycles. The molecule has 2 aliphatic carbocycles. The van der Waals surface area contributed by atoms with E-state index < -0.39 is 0 Å². The number of benzene rings is 1. The molecule has 0 N–H and O–H groups in total. The summed E-state index contributed by atoms with van der Waals surface area (Å²) in [4.78, 5) is 0. The molecule has 2 fully saturated rings. The van der Waals surface area contributed by atoms with Crippen LogP contribution in [0, 0.1) is 24.7 Å². The van der Waals surface area contributed by atoms with Crippen LogP contribution < -0.4 is 0 Å². The van der Waals surface area contributed by atoms with Crippen LogP contribution in [-0.2, 0) is 0 Å². The van der Waals surface area contributed by atoms with Crippen LogP contribution >= 0.6 is 0 Å². The van der Waals surface area contributed by atoms with Crippen molar-refractivity contribution in [3.63, 3.8) is 0 Å². The molecule has 0 unspecified atom stereocenters. The van der Waals surface area contributed by atoms with E-state index in [9.17, 15) is 0 Å². The van der Waals surface area contributed by atoms with Gasteiger partial charge in [0.05, 0.1) is 0 Å². The van der Waals surface area contributed by atoms with Crippen LogP contribution in [0.5, 0.6) is 0 Å². The maximum absolute atomic E-state index is 2.43. The molecule has 0 aliphatic heterocycles. The molecule has 3 rings (SSSR count). The van der Waals surface area contributed by atoms with Gasteiger partial charge in [-0.2, -0.15) is 0 Å². The summed E-state index contributed by atoms with van der Waals surface area (Å²) in [6.45, 7) is 4.62. The van der Waals surface area contributed by atoms with Gasteiger partial charge in [-0.05, 0) is 68.3 Å². The third kappa shape index (κ3) is 4.11. The number of aryl methyl sites for hydroxylation is 1. The summed E-state index contributed by atoms with van der Waals surface area (Å²) in [7, 11) is 0. The second kappa shape index (κ2) is 6.99. The van der Waals surface area contributed by atoms with Crippen LogP contribution in [0.3, 0.4) is 0 Å². The molecule has 116 valence electrons. The second-order valence-corrected chi connectivity index (χ2v) is 7.99. The molecule has 0 atom stereocenters. The first-order valence-corrected chi connectivity index (χ1v) is 9.27. The maximum Gasteiger partial charge on any atom is -0.0162 e. The van der Waals surface area contributed by atoms with Crippen molar-refractivity contribution in [1.29, 1.82) is 0 Å². The van der Waals surface area contributed by atoms with Gasteiger partial charge >= 0.3 is 0 Å². The van der Waals surface area contributed by atoms with Crippen molar-refractivity contribution in [2.24, 2.45) is 17.8 Å². The SMILES string of the molecule is Cc1ccc(C2CCC(CC3CCC(C)CC3)CC2)cc1. The minimum atomic E-state index is 0.841. The highest BCUT2D eigenvalue weighted by Crippen LogP contribution is 2.41. The van der Waals surface area contributed by atoms with Crippen molar-refractivity contribution in [2.75, 3.05) is 0 Å². The summed E-state index contributed by atoms with van der Waals surface area (Å²) in [5.74, 6) is 3.93. The Morgan fingerprint density at radius 2 is 1.29 bits per heavy atom. The number of hydrogen-bond donors (Lipinski definition) is 0. The summed E-state index contributed by atoms with van der Waals surface area (Å²) in [6, 6.07) is 9.29. The standard InChI is InChI=1S/C21H32/c1-16-3-7-18(8-4-16)15-19-9-13-21(14-10-19)20-11-5-17(2)6-12-20/h5-6,11-12,16,18-19,21H,3-4,7-10,13-15H2,1-2H3. The van der Waals surface area contributed by atoms with Crippen molar-refractivity contribution >= 4 is 0 Å². The van der Waals surface area contributed by atoms with Crippen LogP contribution in [0.1, 0.15) is 81.8 Å². The third-order valence-corrected chi connectivity index (χ3v) is 6.20. The van der Waals surface area contributed by atoms with Gasteiger partial charge in [-0.25, -0.2) is 0 Å². The van der Waals surface area contributed by atoms with E-state index in [4.69, 9.17) is 0 Å². The predicted octanol–water partition coefficient (Wildman–Crippen LogP) is 6.49. The van der Waals surface area contributed by atoms with Crippen molar-refractivity contribution in [1.82, 2.24) is 0 Å². The van der Waals surface area contributed by atoms with Crippen molar-refractivity contribution in [2.45, 2.75) is 77.6 Å². The fraction of sp³-hybridized carbons (Fsp3) is 0.714. The minimum absolute atomic E-state index is 0.841. The van der Waals surface area contributed by atoms with Crippen LogP contribution in [0.4, 0.5) is 0 Å². The molecule has 2 saturated carbocycles. The Balaban J connectivity index is 1.45. The molecule has 1 aromatic carbocycles. The Labute approximate surface area is 131 Å². The van der Waals surface area contributed by atoms with E-state index in [-0.39, 0.29) is 0 Å². The lowest BCUT2D eigenvalue weighted by Gasteiger charge is -2.33. The monoisotopic (exact) mass is 284 g/mol. The predicted molar refractivity (Wildman–Crippen MR) is 91.6 cm³/mol. The third-order valence-electron chi connectivity index (χ3n) is 6.20. The smallest absolute Gasteiger partial charge is 0.0162 e. The molecule has 0 amide bonds. The number of hydrogen-bond acceptors (Lipinski definition) is 0. The topological polar surface area (TPSA) is 0 Å². The van der Waals surface area contributed by atoms with Gasteiger partial charge in [-0.15, -0.1) is 0 Å². The fourth-order valence-electron chi connectivity index (χ4n) is 4.61. The molecule has 2 aliphatic rings. The molecule has 1 aromatic rings. The van der Waals surface area contributed by atoms with Gasteiger partial charge in [0.25, 0.3) is 0 Å². The molecule has 0 heterocycles. The first-order chi connectivity index (χ1) is 10.2. The molecule has 0 radical (unpaired) electrons. The summed E-state index contributed by atoms with van der Waals surface area (Å²) in [6.07, 6.45) is 13.3. The van der Waals surface area contributed by atoms with Crippen LogP contribution in [0.25, 0.3) is 0 Å². The molecule has 0 saturated heterocycles. The van der Waals surface area contributed by atoms with Crippen molar-refractivity contribution < 1.29 is 0 Å². The first kappa shape index (κ1) is 15.1. The molecular formula is C21H32. The molecular weight excluding hydrogens is 252 g/mol. The summed E-state index contributed by atoms with van der Waals surface area (Å²) >= 11 is 0. The van der Waals surface area contributed by atoms with E-state index in [1.807, 2.05) is 0 Å². The molecule has 0 bridgehead atoms. The van der Waals surface area contributed by atoms with Crippen LogP contribution in [0.2, 0.25) is 0 Å². The second-order valence-electron chi connectivity index (χ2n) is 7.99. The van der Waals surface area contributed by atoms with Gasteiger partial charge in [0.1, 0.15) is 0 Å². The fourth-order valence-corrected chi connectivity index (χ4v) is 4.61. The lowest BCUT2D eigenvalue weighted by atomic mass is 9.72. The van der Waals surface area contributed by atoms with Gasteiger partial charge in [0.15, 0.2) is 0 Å². The summed E-state index contributed by atoms with van der Waals surface area (Å²) in [5.41, 5.74) is 2.98. The first-order valence-electron chi connectivity index (χ1n) is 9.27. The highest BCUT2D eigenvalue weighted by molar-refractivity contribution is 5.24. The Hall–Kier alpha value is -0.780. The van der Waals surface area contributed by atoms with Gasteiger partial charge in [0, 0.05) is 0 Å². The zero-order valence-corrected chi connectivity index (χ0v) is 14.0. The zero-order chi connectivity index (χ0) is 14.7. The van der Waals surface area contributed by atoms with E-state index in [0.29, 0.717) is 0 Å².